The molecule has 1 saturated heterocycles. The highest BCUT2D eigenvalue weighted by Crippen LogP contribution is 2.46. The second kappa shape index (κ2) is 11.5. The van der Waals surface area contributed by atoms with Gasteiger partial charge in [0.15, 0.2) is 0 Å². The average Bonchev–Trinajstić information content (AvgIpc) is 3.03. The summed E-state index contributed by atoms with van der Waals surface area (Å²) in [6, 6.07) is -1.22. The largest absolute Gasteiger partial charge is 0.466 e. The standard InChI is InChI=1S/C23H38N2O5/c1-5-8-9-13-24-21(27)20-17-12-11-16(10-6-2)18(23(29)30-7-3)19(17)22(28)25(20)15(4)14-26/h11-12,15-20,26H,5-10,13-14H2,1-4H3,(H,24,27)/t15-,16-,17+,18-,19-,20+/m1/s1. The van der Waals surface area contributed by atoms with Crippen molar-refractivity contribution in [2.24, 2.45) is 23.7 Å². The monoisotopic (exact) mass is 422 g/mol. The maximum atomic E-state index is 13.5. The zero-order valence-corrected chi connectivity index (χ0v) is 18.8. The van der Waals surface area contributed by atoms with E-state index < -0.39 is 29.8 Å². The van der Waals surface area contributed by atoms with E-state index in [1.54, 1.807) is 13.8 Å². The first-order chi connectivity index (χ1) is 14.4. The Labute approximate surface area is 180 Å². The van der Waals surface area contributed by atoms with Gasteiger partial charge in [0.05, 0.1) is 31.1 Å². The number of hydrogen-bond acceptors (Lipinski definition) is 5. The van der Waals surface area contributed by atoms with E-state index >= 15 is 0 Å². The lowest BCUT2D eigenvalue weighted by Gasteiger charge is -2.34. The Balaban J connectivity index is 2.37. The molecule has 0 bridgehead atoms. The van der Waals surface area contributed by atoms with Gasteiger partial charge in [0.25, 0.3) is 0 Å². The van der Waals surface area contributed by atoms with Crippen LogP contribution in [0.1, 0.15) is 59.8 Å². The van der Waals surface area contributed by atoms with Crippen LogP contribution in [0.25, 0.3) is 0 Å². The number of allylic oxidation sites excluding steroid dienone is 1. The minimum atomic E-state index is -0.720. The van der Waals surface area contributed by atoms with Gasteiger partial charge in [0.1, 0.15) is 6.04 Å². The van der Waals surface area contributed by atoms with Gasteiger partial charge in [0.2, 0.25) is 11.8 Å². The Morgan fingerprint density at radius 3 is 2.53 bits per heavy atom. The van der Waals surface area contributed by atoms with Crippen molar-refractivity contribution in [1.29, 1.82) is 0 Å². The van der Waals surface area contributed by atoms with Gasteiger partial charge in [-0.3, -0.25) is 14.4 Å². The van der Waals surface area contributed by atoms with E-state index in [-0.39, 0.29) is 36.9 Å². The van der Waals surface area contributed by atoms with Gasteiger partial charge in [0, 0.05) is 12.5 Å². The predicted molar refractivity (Wildman–Crippen MR) is 114 cm³/mol. The number of aliphatic hydroxyl groups excluding tert-OH is 1. The van der Waals surface area contributed by atoms with Gasteiger partial charge in [-0.1, -0.05) is 45.3 Å². The smallest absolute Gasteiger partial charge is 0.310 e. The number of unbranched alkanes of at least 4 members (excludes halogenated alkanes) is 2. The number of esters is 1. The summed E-state index contributed by atoms with van der Waals surface area (Å²) in [6.45, 7) is 8.20. The molecule has 6 atom stereocenters. The molecule has 0 radical (unpaired) electrons. The van der Waals surface area contributed by atoms with E-state index in [2.05, 4.69) is 12.2 Å². The Morgan fingerprint density at radius 1 is 1.20 bits per heavy atom. The molecule has 1 aliphatic carbocycles. The van der Waals surface area contributed by atoms with Crippen LogP contribution >= 0.6 is 0 Å². The highest BCUT2D eigenvalue weighted by molar-refractivity contribution is 5.96. The molecule has 0 saturated carbocycles. The summed E-state index contributed by atoms with van der Waals surface area (Å²) in [6.07, 6.45) is 8.55. The molecular weight excluding hydrogens is 384 g/mol. The number of carbonyl (C=O) groups excluding carboxylic acids is 3. The number of rotatable bonds is 11. The third-order valence-corrected chi connectivity index (χ3v) is 6.32. The van der Waals surface area contributed by atoms with Crippen molar-refractivity contribution in [3.05, 3.63) is 12.2 Å². The van der Waals surface area contributed by atoms with Crippen LogP contribution in [0.4, 0.5) is 0 Å². The summed E-state index contributed by atoms with van der Waals surface area (Å²) in [5, 5.41) is 12.7. The minimum Gasteiger partial charge on any atom is -0.466 e. The van der Waals surface area contributed by atoms with Crippen molar-refractivity contribution in [2.45, 2.75) is 71.9 Å². The van der Waals surface area contributed by atoms with Crippen LogP contribution in [-0.4, -0.2) is 59.6 Å². The third-order valence-electron chi connectivity index (χ3n) is 6.32. The molecule has 0 aromatic rings. The third kappa shape index (κ3) is 5.05. The van der Waals surface area contributed by atoms with Crippen molar-refractivity contribution in [3.63, 3.8) is 0 Å². The molecule has 2 amide bonds. The van der Waals surface area contributed by atoms with Crippen molar-refractivity contribution in [1.82, 2.24) is 10.2 Å². The molecule has 2 aliphatic rings. The Morgan fingerprint density at radius 2 is 1.93 bits per heavy atom. The molecule has 0 spiro atoms. The number of fused-ring (bicyclic) bond motifs is 1. The maximum absolute atomic E-state index is 13.5. The minimum absolute atomic E-state index is 0.0862. The van der Waals surface area contributed by atoms with Gasteiger partial charge < -0.3 is 20.1 Å². The van der Waals surface area contributed by atoms with Crippen molar-refractivity contribution in [2.75, 3.05) is 19.8 Å². The number of nitrogens with zero attached hydrogens (tertiary/aromatic N) is 1. The fraction of sp³-hybridized carbons (Fsp3) is 0.783. The number of ether oxygens (including phenoxy) is 1. The number of nitrogens with one attached hydrogen (secondary N) is 1. The first kappa shape index (κ1) is 24.4. The van der Waals surface area contributed by atoms with Gasteiger partial charge in [-0.2, -0.15) is 0 Å². The summed E-state index contributed by atoms with van der Waals surface area (Å²) >= 11 is 0. The Kier molecular flexibility index (Phi) is 9.34. The van der Waals surface area contributed by atoms with Crippen LogP contribution in [0, 0.1) is 23.7 Å². The molecule has 0 aromatic carbocycles. The molecule has 1 aliphatic heterocycles. The molecule has 170 valence electrons. The van der Waals surface area contributed by atoms with Crippen LogP contribution in [0.2, 0.25) is 0 Å². The predicted octanol–water partition coefficient (Wildman–Crippen LogP) is 2.28. The normalized spacial score (nSPS) is 28.9. The topological polar surface area (TPSA) is 95.9 Å². The van der Waals surface area contributed by atoms with E-state index in [9.17, 15) is 19.5 Å². The van der Waals surface area contributed by atoms with Gasteiger partial charge in [-0.15, -0.1) is 0 Å². The summed E-state index contributed by atoms with van der Waals surface area (Å²) in [5.74, 6) is -2.54. The lowest BCUT2D eigenvalue weighted by molar-refractivity contribution is -0.156. The van der Waals surface area contributed by atoms with Crippen LogP contribution in [0.15, 0.2) is 12.2 Å². The zero-order valence-electron chi connectivity index (χ0n) is 18.8. The number of hydrogen-bond donors (Lipinski definition) is 2. The highest BCUT2D eigenvalue weighted by Gasteiger charge is 2.58. The number of carbonyl (C=O) groups is 3. The van der Waals surface area contributed by atoms with Crippen molar-refractivity contribution >= 4 is 17.8 Å². The van der Waals surface area contributed by atoms with E-state index in [4.69, 9.17) is 4.74 Å². The second-order valence-corrected chi connectivity index (χ2v) is 8.44. The summed E-state index contributed by atoms with van der Waals surface area (Å²) < 4.78 is 5.33. The van der Waals surface area contributed by atoms with Gasteiger partial charge in [-0.25, -0.2) is 0 Å². The van der Waals surface area contributed by atoms with Crippen LogP contribution in [0.3, 0.4) is 0 Å². The van der Waals surface area contributed by atoms with E-state index in [1.807, 2.05) is 19.1 Å². The van der Waals surface area contributed by atoms with Crippen LogP contribution < -0.4 is 5.32 Å². The van der Waals surface area contributed by atoms with Crippen molar-refractivity contribution < 1.29 is 24.2 Å². The molecule has 7 nitrogen and oxygen atoms in total. The number of likely N-dealkylation sites (tertiary alicyclic amines) is 1. The maximum Gasteiger partial charge on any atom is 0.310 e. The SMILES string of the molecule is CCCCCNC(=O)[C@@H]1[C@H]2C=C[C@@H](CCC)[C@@H](C(=O)OCC)[C@@H]2C(=O)N1[C@H](C)CO. The summed E-state index contributed by atoms with van der Waals surface area (Å²) in [7, 11) is 0. The molecule has 0 unspecified atom stereocenters. The van der Waals surface area contributed by atoms with Crippen LogP contribution in [-0.2, 0) is 19.1 Å². The fourth-order valence-corrected chi connectivity index (χ4v) is 4.87. The molecule has 2 N–H and O–H groups in total. The Hall–Kier alpha value is -1.89. The molecule has 1 fully saturated rings. The molecule has 7 heteroatoms. The second-order valence-electron chi connectivity index (χ2n) is 8.44. The molecular formula is C23H38N2O5. The first-order valence-corrected chi connectivity index (χ1v) is 11.5. The average molecular weight is 423 g/mol. The molecule has 0 aromatic heterocycles. The molecule has 1 heterocycles. The first-order valence-electron chi connectivity index (χ1n) is 11.5. The lowest BCUT2D eigenvalue weighted by Crippen LogP contribution is -2.51. The lowest BCUT2D eigenvalue weighted by atomic mass is 9.69. The van der Waals surface area contributed by atoms with Crippen molar-refractivity contribution in [3.8, 4) is 0 Å². The van der Waals surface area contributed by atoms with Gasteiger partial charge in [-0.05, 0) is 32.6 Å². The van der Waals surface area contributed by atoms with E-state index in [1.165, 1.54) is 4.90 Å². The van der Waals surface area contributed by atoms with E-state index in [0.717, 1.165) is 32.1 Å². The Bertz CT molecular complexity index is 635. The number of amides is 2. The summed E-state index contributed by atoms with van der Waals surface area (Å²) in [5.41, 5.74) is 0. The molecule has 2 rings (SSSR count). The van der Waals surface area contributed by atoms with Gasteiger partial charge >= 0.3 is 5.97 Å². The highest BCUT2D eigenvalue weighted by atomic mass is 16.5. The molecule has 30 heavy (non-hydrogen) atoms. The quantitative estimate of drug-likeness (QED) is 0.303. The van der Waals surface area contributed by atoms with E-state index in [0.29, 0.717) is 6.54 Å². The number of aliphatic hydroxyl groups is 1. The van der Waals surface area contributed by atoms with Crippen LogP contribution in [0.5, 0.6) is 0 Å². The fourth-order valence-electron chi connectivity index (χ4n) is 4.87. The zero-order chi connectivity index (χ0) is 22.3. The summed E-state index contributed by atoms with van der Waals surface area (Å²) in [4.78, 5) is 41.0.